The number of rotatable bonds is 5. The molecule has 2 aromatic heterocycles. The number of aryl methyl sites for hydroxylation is 1. The summed E-state index contributed by atoms with van der Waals surface area (Å²) in [7, 11) is -3.64. The molecule has 0 bridgehead atoms. The van der Waals surface area contributed by atoms with E-state index >= 15 is 0 Å². The summed E-state index contributed by atoms with van der Waals surface area (Å²) in [5.41, 5.74) is 3.39. The van der Waals surface area contributed by atoms with Gasteiger partial charge in [0.1, 0.15) is 4.21 Å². The van der Waals surface area contributed by atoms with Gasteiger partial charge < -0.3 is 0 Å². The lowest BCUT2D eigenvalue weighted by Crippen LogP contribution is -2.12. The van der Waals surface area contributed by atoms with E-state index in [4.69, 9.17) is 11.6 Å². The molecule has 0 amide bonds. The maximum atomic E-state index is 12.4. The summed E-state index contributed by atoms with van der Waals surface area (Å²) < 4.78 is 30.9. The zero-order valence-corrected chi connectivity index (χ0v) is 17.4. The number of hydrogen-bond donors (Lipinski definition) is 1. The van der Waals surface area contributed by atoms with Crippen molar-refractivity contribution in [3.63, 3.8) is 0 Å². The molecule has 2 heterocycles. The van der Waals surface area contributed by atoms with Gasteiger partial charge >= 0.3 is 0 Å². The number of halogens is 2. The van der Waals surface area contributed by atoms with Gasteiger partial charge in [0.05, 0.1) is 26.7 Å². The average Bonchev–Trinajstić information content (AvgIpc) is 3.08. The third-order valence-corrected chi connectivity index (χ3v) is 7.87. The van der Waals surface area contributed by atoms with Crippen molar-refractivity contribution in [2.24, 2.45) is 0 Å². The van der Waals surface area contributed by atoms with Gasteiger partial charge in [0.2, 0.25) is 0 Å². The van der Waals surface area contributed by atoms with Crippen molar-refractivity contribution < 1.29 is 8.42 Å². The van der Waals surface area contributed by atoms with Crippen LogP contribution in [0.1, 0.15) is 17.0 Å². The second-order valence-corrected chi connectivity index (χ2v) is 9.92. The molecule has 0 atom stereocenters. The van der Waals surface area contributed by atoms with E-state index in [9.17, 15) is 8.42 Å². The van der Waals surface area contributed by atoms with Gasteiger partial charge in [-0.1, -0.05) is 23.7 Å². The second-order valence-electron chi connectivity index (χ2n) is 5.51. The molecule has 0 saturated carbocycles. The fourth-order valence-corrected chi connectivity index (χ4v) is 5.20. The molecule has 0 unspecified atom stereocenters. The van der Waals surface area contributed by atoms with Crippen LogP contribution >= 0.6 is 38.9 Å². The van der Waals surface area contributed by atoms with Crippen molar-refractivity contribution in [3.05, 3.63) is 62.2 Å². The molecule has 5 nitrogen and oxygen atoms in total. The monoisotopic (exact) mass is 459 g/mol. The van der Waals surface area contributed by atoms with E-state index in [1.807, 2.05) is 30.7 Å². The molecule has 0 aliphatic rings. The van der Waals surface area contributed by atoms with Crippen LogP contribution < -0.4 is 4.72 Å². The van der Waals surface area contributed by atoms with Gasteiger partial charge in [0.25, 0.3) is 10.0 Å². The molecule has 25 heavy (non-hydrogen) atoms. The van der Waals surface area contributed by atoms with Crippen LogP contribution in [0.4, 0.5) is 5.69 Å². The summed E-state index contributed by atoms with van der Waals surface area (Å²) in [5, 5.41) is 4.48. The first-order valence-corrected chi connectivity index (χ1v) is 10.8. The second kappa shape index (κ2) is 7.11. The number of anilines is 1. The van der Waals surface area contributed by atoms with Crippen molar-refractivity contribution in [3.8, 4) is 0 Å². The van der Waals surface area contributed by atoms with Gasteiger partial charge in [0, 0.05) is 5.69 Å². The van der Waals surface area contributed by atoms with Crippen LogP contribution in [0.5, 0.6) is 0 Å². The molecule has 1 N–H and O–H groups in total. The van der Waals surface area contributed by atoms with Gasteiger partial charge in [0.15, 0.2) is 0 Å². The number of hydrogen-bond acceptors (Lipinski definition) is 4. The lowest BCUT2D eigenvalue weighted by Gasteiger charge is -2.09. The number of aromatic nitrogens is 2. The molecule has 1 aromatic carbocycles. The summed E-state index contributed by atoms with van der Waals surface area (Å²) in [6.07, 6.45) is 0. The maximum absolute atomic E-state index is 12.4. The smallest absolute Gasteiger partial charge is 0.271 e. The van der Waals surface area contributed by atoms with Crippen LogP contribution in [0, 0.1) is 13.8 Å². The van der Waals surface area contributed by atoms with Crippen molar-refractivity contribution >= 4 is 54.6 Å². The van der Waals surface area contributed by atoms with Crippen LogP contribution in [0.2, 0.25) is 4.34 Å². The molecule has 9 heteroatoms. The van der Waals surface area contributed by atoms with Crippen molar-refractivity contribution in [2.75, 3.05) is 4.72 Å². The van der Waals surface area contributed by atoms with E-state index in [0.29, 0.717) is 16.6 Å². The first-order valence-electron chi connectivity index (χ1n) is 7.33. The van der Waals surface area contributed by atoms with Gasteiger partial charge in [-0.2, -0.15) is 5.10 Å². The highest BCUT2D eigenvalue weighted by Crippen LogP contribution is 2.27. The predicted octanol–water partition coefficient (Wildman–Crippen LogP) is 4.83. The van der Waals surface area contributed by atoms with Crippen LogP contribution in [0.25, 0.3) is 0 Å². The van der Waals surface area contributed by atoms with Crippen LogP contribution in [0.3, 0.4) is 0 Å². The Hall–Kier alpha value is -1.35. The lowest BCUT2D eigenvalue weighted by atomic mass is 10.2. The Morgan fingerprint density at radius 1 is 1.28 bits per heavy atom. The fourth-order valence-electron chi connectivity index (χ4n) is 2.38. The Balaban J connectivity index is 1.83. The highest BCUT2D eigenvalue weighted by molar-refractivity contribution is 9.10. The summed E-state index contributed by atoms with van der Waals surface area (Å²) in [5.74, 6) is 0. The van der Waals surface area contributed by atoms with E-state index in [0.717, 1.165) is 32.8 Å². The highest BCUT2D eigenvalue weighted by atomic mass is 79.9. The Morgan fingerprint density at radius 3 is 2.64 bits per heavy atom. The van der Waals surface area contributed by atoms with Gasteiger partial charge in [-0.15, -0.1) is 11.3 Å². The SMILES string of the molecule is Cc1nn(Cc2cccc(NS(=O)(=O)c3ccc(Cl)s3)c2)c(C)c1Br. The molecular formula is C16H15BrClN3O2S2. The number of benzene rings is 1. The normalized spacial score (nSPS) is 11.7. The summed E-state index contributed by atoms with van der Waals surface area (Å²) in [6.45, 7) is 4.47. The number of sulfonamides is 1. The Bertz CT molecular complexity index is 1030. The summed E-state index contributed by atoms with van der Waals surface area (Å²) in [6, 6.07) is 10.3. The third-order valence-electron chi connectivity index (χ3n) is 3.62. The third kappa shape index (κ3) is 4.08. The quantitative estimate of drug-likeness (QED) is 0.593. The minimum absolute atomic E-state index is 0.186. The largest absolute Gasteiger partial charge is 0.279 e. The standard InChI is InChI=1S/C16H15BrClN3O2S2/c1-10-16(17)11(2)21(19-10)9-12-4-3-5-13(8-12)20-25(22,23)15-7-6-14(18)24-15/h3-8,20H,9H2,1-2H3. The number of nitrogens with zero attached hydrogens (tertiary/aromatic N) is 2. The topological polar surface area (TPSA) is 64.0 Å². The predicted molar refractivity (Wildman–Crippen MR) is 105 cm³/mol. The van der Waals surface area contributed by atoms with E-state index in [-0.39, 0.29) is 4.21 Å². The Labute approximate surface area is 163 Å². The maximum Gasteiger partial charge on any atom is 0.271 e. The van der Waals surface area contributed by atoms with Crippen molar-refractivity contribution in [2.45, 2.75) is 24.6 Å². The number of nitrogens with one attached hydrogen (secondary N) is 1. The van der Waals surface area contributed by atoms with Crippen molar-refractivity contribution in [1.29, 1.82) is 0 Å². The minimum atomic E-state index is -3.64. The van der Waals surface area contributed by atoms with Gasteiger partial charge in [-0.3, -0.25) is 9.40 Å². The molecule has 0 aliphatic carbocycles. The van der Waals surface area contributed by atoms with E-state index in [1.54, 1.807) is 18.2 Å². The molecule has 0 radical (unpaired) electrons. The Kier molecular flexibility index (Phi) is 5.24. The average molecular weight is 461 g/mol. The fraction of sp³-hybridized carbons (Fsp3) is 0.188. The molecular weight excluding hydrogens is 446 g/mol. The molecule has 0 fully saturated rings. The molecule has 3 aromatic rings. The van der Waals surface area contributed by atoms with Crippen LogP contribution in [0.15, 0.2) is 45.1 Å². The molecule has 132 valence electrons. The molecule has 0 saturated heterocycles. The first-order chi connectivity index (χ1) is 11.8. The van der Waals surface area contributed by atoms with E-state index < -0.39 is 10.0 Å². The zero-order valence-electron chi connectivity index (χ0n) is 13.5. The van der Waals surface area contributed by atoms with Crippen LogP contribution in [-0.4, -0.2) is 18.2 Å². The summed E-state index contributed by atoms with van der Waals surface area (Å²) >= 11 is 10.4. The van der Waals surface area contributed by atoms with Crippen LogP contribution in [-0.2, 0) is 16.6 Å². The minimum Gasteiger partial charge on any atom is -0.279 e. The van der Waals surface area contributed by atoms with E-state index in [2.05, 4.69) is 25.8 Å². The highest BCUT2D eigenvalue weighted by Gasteiger charge is 2.17. The molecule has 3 rings (SSSR count). The lowest BCUT2D eigenvalue weighted by molar-refractivity contribution is 0.603. The van der Waals surface area contributed by atoms with Gasteiger partial charge in [-0.25, -0.2) is 8.42 Å². The van der Waals surface area contributed by atoms with Gasteiger partial charge in [-0.05, 0) is 59.6 Å². The zero-order chi connectivity index (χ0) is 18.2. The van der Waals surface area contributed by atoms with Crippen molar-refractivity contribution in [1.82, 2.24) is 9.78 Å². The molecule has 0 aliphatic heterocycles. The molecule has 0 spiro atoms. The first kappa shape index (κ1) is 18.4. The Morgan fingerprint density at radius 2 is 2.04 bits per heavy atom. The summed E-state index contributed by atoms with van der Waals surface area (Å²) in [4.78, 5) is 0. The number of thiophene rings is 1. The van der Waals surface area contributed by atoms with E-state index in [1.165, 1.54) is 6.07 Å².